The predicted octanol–water partition coefficient (Wildman–Crippen LogP) is 2.45. The molecule has 1 aromatic carbocycles. The maximum Gasteiger partial charge on any atom is 0.237 e. The van der Waals surface area contributed by atoms with Crippen LogP contribution in [0, 0.1) is 0 Å². The fourth-order valence-corrected chi connectivity index (χ4v) is 3.52. The first-order valence-electron chi connectivity index (χ1n) is 7.60. The molecule has 0 N–H and O–H groups in total. The molecule has 116 valence electrons. The molecule has 0 unspecified atom stereocenters. The average Bonchev–Trinajstić information content (AvgIpc) is 3.10. The number of thioether (sulfide) groups is 1. The van der Waals surface area contributed by atoms with Crippen molar-refractivity contribution in [3.8, 4) is 0 Å². The van der Waals surface area contributed by atoms with Gasteiger partial charge in [0, 0.05) is 25.7 Å². The van der Waals surface area contributed by atoms with Gasteiger partial charge in [0.15, 0.2) is 5.16 Å². The normalized spacial score (nSPS) is 13.5. The Hall–Kier alpha value is -1.82. The molecule has 0 aliphatic carbocycles. The summed E-state index contributed by atoms with van der Waals surface area (Å²) < 4.78 is 1.99. The van der Waals surface area contributed by atoms with Gasteiger partial charge in [0.1, 0.15) is 5.82 Å². The lowest BCUT2D eigenvalue weighted by Crippen LogP contribution is -2.30. The second-order valence-corrected chi connectivity index (χ2v) is 6.36. The number of amides is 1. The summed E-state index contributed by atoms with van der Waals surface area (Å²) in [7, 11) is 1.96. The lowest BCUT2D eigenvalue weighted by molar-refractivity contribution is -0.116. The number of nitrogens with zero attached hydrogens (tertiary/aromatic N) is 4. The van der Waals surface area contributed by atoms with Crippen molar-refractivity contribution in [3.05, 3.63) is 35.7 Å². The van der Waals surface area contributed by atoms with Crippen molar-refractivity contribution in [2.75, 3.05) is 17.2 Å². The molecule has 1 aliphatic heterocycles. The zero-order valence-electron chi connectivity index (χ0n) is 13.0. The number of carbonyl (C=O) groups is 1. The van der Waals surface area contributed by atoms with Crippen molar-refractivity contribution >= 4 is 23.4 Å². The number of para-hydroxylation sites is 1. The van der Waals surface area contributed by atoms with Crippen molar-refractivity contribution in [2.45, 2.75) is 31.3 Å². The maximum atomic E-state index is 12.5. The highest BCUT2D eigenvalue weighted by atomic mass is 32.2. The maximum absolute atomic E-state index is 12.5. The van der Waals surface area contributed by atoms with Gasteiger partial charge in [-0.2, -0.15) is 0 Å². The summed E-state index contributed by atoms with van der Waals surface area (Å²) in [5, 5.41) is 9.18. The van der Waals surface area contributed by atoms with Gasteiger partial charge in [0.05, 0.1) is 5.75 Å². The third kappa shape index (κ3) is 2.88. The van der Waals surface area contributed by atoms with Crippen LogP contribution in [-0.4, -0.2) is 33.0 Å². The van der Waals surface area contributed by atoms with E-state index in [1.807, 2.05) is 34.7 Å². The van der Waals surface area contributed by atoms with Crippen LogP contribution in [0.4, 0.5) is 5.69 Å². The molecule has 3 rings (SSSR count). The Labute approximate surface area is 134 Å². The number of fused-ring (bicyclic) bond motifs is 1. The molecule has 0 spiro atoms. The van der Waals surface area contributed by atoms with Crippen molar-refractivity contribution in [2.24, 2.45) is 7.05 Å². The zero-order chi connectivity index (χ0) is 15.5. The second kappa shape index (κ2) is 6.52. The highest BCUT2D eigenvalue weighted by molar-refractivity contribution is 7.99. The van der Waals surface area contributed by atoms with Gasteiger partial charge in [-0.3, -0.25) is 4.79 Å². The molecule has 5 nitrogen and oxygen atoms in total. The Morgan fingerprint density at radius 2 is 2.14 bits per heavy atom. The molecule has 2 heterocycles. The van der Waals surface area contributed by atoms with E-state index in [0.29, 0.717) is 5.75 Å². The van der Waals surface area contributed by atoms with Crippen LogP contribution >= 0.6 is 11.8 Å². The lowest BCUT2D eigenvalue weighted by atomic mass is 10.2. The van der Waals surface area contributed by atoms with E-state index in [-0.39, 0.29) is 5.91 Å². The van der Waals surface area contributed by atoms with Gasteiger partial charge in [0.25, 0.3) is 0 Å². The number of hydrogen-bond donors (Lipinski definition) is 0. The Kier molecular flexibility index (Phi) is 4.47. The van der Waals surface area contributed by atoms with Crippen LogP contribution in [0.3, 0.4) is 0 Å². The van der Waals surface area contributed by atoms with Crippen LogP contribution in [-0.2, 0) is 24.7 Å². The molecule has 1 aliphatic rings. The van der Waals surface area contributed by atoms with Crippen LogP contribution in [0.2, 0.25) is 0 Å². The van der Waals surface area contributed by atoms with Crippen LogP contribution in [0.25, 0.3) is 0 Å². The zero-order valence-corrected chi connectivity index (χ0v) is 13.8. The molecule has 0 radical (unpaired) electrons. The van der Waals surface area contributed by atoms with Gasteiger partial charge in [0.2, 0.25) is 5.91 Å². The van der Waals surface area contributed by atoms with E-state index in [9.17, 15) is 4.79 Å². The topological polar surface area (TPSA) is 51.0 Å². The number of hydrogen-bond acceptors (Lipinski definition) is 4. The van der Waals surface area contributed by atoms with E-state index < -0.39 is 0 Å². The smallest absolute Gasteiger partial charge is 0.237 e. The summed E-state index contributed by atoms with van der Waals surface area (Å²) in [5.41, 5.74) is 2.31. The fraction of sp³-hybridized carbons (Fsp3) is 0.438. The molecule has 1 amide bonds. The number of benzene rings is 1. The summed E-state index contributed by atoms with van der Waals surface area (Å²) in [6.45, 7) is 2.90. The summed E-state index contributed by atoms with van der Waals surface area (Å²) in [6, 6.07) is 8.12. The van der Waals surface area contributed by atoms with Crippen LogP contribution in [0.5, 0.6) is 0 Å². The number of anilines is 1. The Morgan fingerprint density at radius 3 is 2.95 bits per heavy atom. The predicted molar refractivity (Wildman–Crippen MR) is 88.2 cm³/mol. The SMILES string of the molecule is CCCc1nnc(SCC(=O)N2CCc3ccccc32)n1C. The molecule has 6 heteroatoms. The van der Waals surface area contributed by atoms with Gasteiger partial charge >= 0.3 is 0 Å². The molecular formula is C16H20N4OS. The van der Waals surface area contributed by atoms with E-state index in [2.05, 4.69) is 23.2 Å². The van der Waals surface area contributed by atoms with E-state index in [4.69, 9.17) is 0 Å². The summed E-state index contributed by atoms with van der Waals surface area (Å²) >= 11 is 1.46. The number of aromatic nitrogens is 3. The number of carbonyl (C=O) groups excluding carboxylic acids is 1. The van der Waals surface area contributed by atoms with Crippen molar-refractivity contribution < 1.29 is 4.79 Å². The fourth-order valence-electron chi connectivity index (χ4n) is 2.71. The monoisotopic (exact) mass is 316 g/mol. The first-order chi connectivity index (χ1) is 10.7. The summed E-state index contributed by atoms with van der Waals surface area (Å²) in [5.74, 6) is 1.51. The standard InChI is InChI=1S/C16H20N4OS/c1-3-6-14-17-18-16(19(14)2)22-11-15(21)20-10-9-12-7-4-5-8-13(12)20/h4-5,7-8H,3,6,9-11H2,1-2H3. The van der Waals surface area contributed by atoms with E-state index in [1.54, 1.807) is 0 Å². The second-order valence-electron chi connectivity index (χ2n) is 5.42. The van der Waals surface area contributed by atoms with Gasteiger partial charge in [-0.05, 0) is 24.5 Å². The molecular weight excluding hydrogens is 296 g/mol. The van der Waals surface area contributed by atoms with Crippen LogP contribution in [0.15, 0.2) is 29.4 Å². The number of rotatable bonds is 5. The largest absolute Gasteiger partial charge is 0.311 e. The molecule has 1 aromatic heterocycles. The van der Waals surface area contributed by atoms with Crippen LogP contribution < -0.4 is 4.90 Å². The van der Waals surface area contributed by atoms with Crippen molar-refractivity contribution in [3.63, 3.8) is 0 Å². The highest BCUT2D eigenvalue weighted by Gasteiger charge is 2.24. The van der Waals surface area contributed by atoms with E-state index in [0.717, 1.165) is 42.5 Å². The van der Waals surface area contributed by atoms with Crippen LogP contribution in [0.1, 0.15) is 24.7 Å². The van der Waals surface area contributed by atoms with E-state index in [1.165, 1.54) is 17.3 Å². The highest BCUT2D eigenvalue weighted by Crippen LogP contribution is 2.28. The van der Waals surface area contributed by atoms with Crippen molar-refractivity contribution in [1.82, 2.24) is 14.8 Å². The van der Waals surface area contributed by atoms with Gasteiger partial charge in [-0.15, -0.1) is 10.2 Å². The first-order valence-corrected chi connectivity index (χ1v) is 8.58. The minimum Gasteiger partial charge on any atom is -0.311 e. The molecule has 0 atom stereocenters. The Morgan fingerprint density at radius 1 is 1.32 bits per heavy atom. The average molecular weight is 316 g/mol. The molecule has 0 fully saturated rings. The lowest BCUT2D eigenvalue weighted by Gasteiger charge is -2.16. The molecule has 0 saturated carbocycles. The number of aryl methyl sites for hydroxylation is 1. The molecule has 22 heavy (non-hydrogen) atoms. The van der Waals surface area contributed by atoms with Gasteiger partial charge in [-0.1, -0.05) is 36.9 Å². The van der Waals surface area contributed by atoms with Gasteiger partial charge < -0.3 is 9.47 Å². The Bertz CT molecular complexity index is 683. The molecule has 0 bridgehead atoms. The summed E-state index contributed by atoms with van der Waals surface area (Å²) in [4.78, 5) is 14.4. The summed E-state index contributed by atoms with van der Waals surface area (Å²) in [6.07, 6.45) is 2.90. The van der Waals surface area contributed by atoms with Gasteiger partial charge in [-0.25, -0.2) is 0 Å². The Balaban J connectivity index is 1.64. The minimum absolute atomic E-state index is 0.134. The first kappa shape index (κ1) is 15.1. The quantitative estimate of drug-likeness (QED) is 0.795. The molecule has 2 aromatic rings. The molecule has 0 saturated heterocycles. The van der Waals surface area contributed by atoms with Crippen molar-refractivity contribution in [1.29, 1.82) is 0 Å². The van der Waals surface area contributed by atoms with E-state index >= 15 is 0 Å². The third-order valence-electron chi connectivity index (χ3n) is 3.91. The minimum atomic E-state index is 0.134. The third-order valence-corrected chi connectivity index (χ3v) is 4.92.